The molecule has 0 aliphatic rings. The molecule has 1 aromatic heterocycles. The van der Waals surface area contributed by atoms with E-state index in [1.807, 2.05) is 6.92 Å². The van der Waals surface area contributed by atoms with E-state index in [0.29, 0.717) is 16.8 Å². The topological polar surface area (TPSA) is 30.7 Å². The van der Waals surface area contributed by atoms with Gasteiger partial charge in [0.2, 0.25) is 0 Å². The van der Waals surface area contributed by atoms with E-state index in [-0.39, 0.29) is 5.82 Å². The number of hydrogen-bond donors (Lipinski definition) is 0. The lowest BCUT2D eigenvalue weighted by Crippen LogP contribution is -2.04. The fourth-order valence-corrected chi connectivity index (χ4v) is 3.25. The third-order valence-corrected chi connectivity index (χ3v) is 4.07. The average molecular weight is 300 g/mol. The van der Waals surface area contributed by atoms with Gasteiger partial charge in [0.1, 0.15) is 11.6 Å². The molecule has 1 heterocycles. The number of nitrogens with zero attached hydrogens (tertiary/aromatic N) is 3. The third-order valence-electron chi connectivity index (χ3n) is 2.72. The molecule has 102 valence electrons. The van der Waals surface area contributed by atoms with E-state index in [0.717, 1.165) is 16.5 Å². The van der Waals surface area contributed by atoms with Gasteiger partial charge in [-0.1, -0.05) is 29.4 Å². The zero-order valence-corrected chi connectivity index (χ0v) is 12.6. The maximum Gasteiger partial charge on any atom is 0.191 e. The summed E-state index contributed by atoms with van der Waals surface area (Å²) in [5.74, 6) is 1.21. The van der Waals surface area contributed by atoms with Crippen molar-refractivity contribution < 1.29 is 4.39 Å². The number of halogens is 2. The summed E-state index contributed by atoms with van der Waals surface area (Å²) in [6.07, 6.45) is 0. The van der Waals surface area contributed by atoms with Crippen molar-refractivity contribution in [2.75, 3.05) is 0 Å². The molecule has 0 fully saturated rings. The molecule has 0 amide bonds. The Morgan fingerprint density at radius 2 is 2.11 bits per heavy atom. The van der Waals surface area contributed by atoms with Crippen LogP contribution in [-0.2, 0) is 5.75 Å². The first-order valence-electron chi connectivity index (χ1n) is 5.97. The second-order valence-electron chi connectivity index (χ2n) is 4.52. The number of thioether (sulfide) groups is 1. The SMILES string of the molecule is Cc1nnc(SCc2ccc(F)cc2Cl)n1C(C)C. The molecule has 6 heteroatoms. The van der Waals surface area contributed by atoms with E-state index in [1.54, 1.807) is 17.8 Å². The summed E-state index contributed by atoms with van der Waals surface area (Å²) in [6.45, 7) is 6.11. The van der Waals surface area contributed by atoms with Crippen molar-refractivity contribution in [3.63, 3.8) is 0 Å². The quantitative estimate of drug-likeness (QED) is 0.791. The van der Waals surface area contributed by atoms with Gasteiger partial charge in [0.05, 0.1) is 0 Å². The van der Waals surface area contributed by atoms with Crippen LogP contribution in [0.4, 0.5) is 4.39 Å². The maximum absolute atomic E-state index is 13.0. The molecular formula is C13H15ClFN3S. The molecule has 0 saturated carbocycles. The summed E-state index contributed by atoms with van der Waals surface area (Å²) in [5.41, 5.74) is 0.893. The lowest BCUT2D eigenvalue weighted by Gasteiger charge is -2.12. The molecule has 19 heavy (non-hydrogen) atoms. The van der Waals surface area contributed by atoms with Gasteiger partial charge < -0.3 is 4.57 Å². The van der Waals surface area contributed by atoms with Crippen molar-refractivity contribution in [1.29, 1.82) is 0 Å². The molecule has 0 bridgehead atoms. The van der Waals surface area contributed by atoms with Crippen molar-refractivity contribution in [2.24, 2.45) is 0 Å². The Morgan fingerprint density at radius 1 is 1.37 bits per heavy atom. The van der Waals surface area contributed by atoms with Gasteiger partial charge in [-0.2, -0.15) is 0 Å². The smallest absolute Gasteiger partial charge is 0.191 e. The van der Waals surface area contributed by atoms with Crippen LogP contribution in [0.1, 0.15) is 31.3 Å². The average Bonchev–Trinajstić information content (AvgIpc) is 2.69. The molecule has 0 saturated heterocycles. The van der Waals surface area contributed by atoms with Gasteiger partial charge in [0.25, 0.3) is 0 Å². The Morgan fingerprint density at radius 3 is 2.74 bits per heavy atom. The predicted octanol–water partition coefficient (Wildman–Crippen LogP) is 4.25. The minimum atomic E-state index is -0.319. The molecule has 0 aliphatic heterocycles. The van der Waals surface area contributed by atoms with Crippen LogP contribution in [-0.4, -0.2) is 14.8 Å². The van der Waals surface area contributed by atoms with Gasteiger partial charge >= 0.3 is 0 Å². The van der Waals surface area contributed by atoms with E-state index < -0.39 is 0 Å². The Kier molecular flexibility index (Phi) is 4.47. The summed E-state index contributed by atoms with van der Waals surface area (Å²) in [4.78, 5) is 0. The molecule has 0 unspecified atom stereocenters. The summed E-state index contributed by atoms with van der Waals surface area (Å²) in [6, 6.07) is 4.75. The third kappa shape index (κ3) is 3.28. The van der Waals surface area contributed by atoms with Crippen LogP contribution in [0.25, 0.3) is 0 Å². The number of benzene rings is 1. The minimum Gasteiger partial charge on any atom is -0.304 e. The fourth-order valence-electron chi connectivity index (χ4n) is 1.82. The summed E-state index contributed by atoms with van der Waals surface area (Å²) in [7, 11) is 0. The fraction of sp³-hybridized carbons (Fsp3) is 0.385. The summed E-state index contributed by atoms with van der Waals surface area (Å²) < 4.78 is 15.0. The number of aryl methyl sites for hydroxylation is 1. The highest BCUT2D eigenvalue weighted by Crippen LogP contribution is 2.28. The van der Waals surface area contributed by atoms with Crippen molar-refractivity contribution in [1.82, 2.24) is 14.8 Å². The van der Waals surface area contributed by atoms with Crippen LogP contribution < -0.4 is 0 Å². The van der Waals surface area contributed by atoms with E-state index >= 15 is 0 Å². The second kappa shape index (κ2) is 5.92. The van der Waals surface area contributed by atoms with Crippen LogP contribution in [0.2, 0.25) is 5.02 Å². The van der Waals surface area contributed by atoms with Gasteiger partial charge in [0.15, 0.2) is 5.16 Å². The van der Waals surface area contributed by atoms with Gasteiger partial charge in [0, 0.05) is 16.8 Å². The van der Waals surface area contributed by atoms with Gasteiger partial charge in [-0.25, -0.2) is 4.39 Å². The Hall–Kier alpha value is -1.07. The molecular weight excluding hydrogens is 285 g/mol. The van der Waals surface area contributed by atoms with Crippen LogP contribution in [0, 0.1) is 12.7 Å². The molecule has 2 aromatic rings. The molecule has 1 aromatic carbocycles. The van der Waals surface area contributed by atoms with Crippen molar-refractivity contribution in [2.45, 2.75) is 37.7 Å². The van der Waals surface area contributed by atoms with Crippen LogP contribution in [0.3, 0.4) is 0 Å². The van der Waals surface area contributed by atoms with Gasteiger partial charge in [-0.05, 0) is 38.5 Å². The van der Waals surface area contributed by atoms with Gasteiger partial charge in [-0.15, -0.1) is 10.2 Å². The highest BCUT2D eigenvalue weighted by molar-refractivity contribution is 7.98. The summed E-state index contributed by atoms with van der Waals surface area (Å²) in [5, 5.41) is 9.54. The summed E-state index contributed by atoms with van der Waals surface area (Å²) >= 11 is 7.56. The lowest BCUT2D eigenvalue weighted by atomic mass is 10.2. The van der Waals surface area contributed by atoms with E-state index in [4.69, 9.17) is 11.6 Å². The Labute approximate surface area is 121 Å². The molecule has 0 radical (unpaired) electrons. The van der Waals surface area contributed by atoms with Crippen LogP contribution in [0.5, 0.6) is 0 Å². The zero-order chi connectivity index (χ0) is 14.0. The maximum atomic E-state index is 13.0. The molecule has 0 N–H and O–H groups in total. The predicted molar refractivity (Wildman–Crippen MR) is 76.1 cm³/mol. The Balaban J connectivity index is 2.15. The van der Waals surface area contributed by atoms with E-state index in [2.05, 4.69) is 28.6 Å². The number of hydrogen-bond acceptors (Lipinski definition) is 3. The van der Waals surface area contributed by atoms with Crippen molar-refractivity contribution >= 4 is 23.4 Å². The second-order valence-corrected chi connectivity index (χ2v) is 5.87. The lowest BCUT2D eigenvalue weighted by molar-refractivity contribution is 0.536. The molecule has 0 atom stereocenters. The van der Waals surface area contributed by atoms with Crippen molar-refractivity contribution in [3.05, 3.63) is 40.4 Å². The molecule has 0 aliphatic carbocycles. The molecule has 2 rings (SSSR count). The van der Waals surface area contributed by atoms with Crippen LogP contribution >= 0.6 is 23.4 Å². The van der Waals surface area contributed by atoms with E-state index in [9.17, 15) is 4.39 Å². The largest absolute Gasteiger partial charge is 0.304 e. The monoisotopic (exact) mass is 299 g/mol. The highest BCUT2D eigenvalue weighted by Gasteiger charge is 2.13. The van der Waals surface area contributed by atoms with Crippen LogP contribution in [0.15, 0.2) is 23.4 Å². The van der Waals surface area contributed by atoms with Crippen molar-refractivity contribution in [3.8, 4) is 0 Å². The normalized spacial score (nSPS) is 11.3. The Bertz CT molecular complexity index is 583. The standard InChI is InChI=1S/C13H15ClFN3S/c1-8(2)18-9(3)16-17-13(18)19-7-10-4-5-11(15)6-12(10)14/h4-6,8H,7H2,1-3H3. The first-order valence-corrected chi connectivity index (χ1v) is 7.33. The van der Waals surface area contributed by atoms with E-state index in [1.165, 1.54) is 12.1 Å². The highest BCUT2D eigenvalue weighted by atomic mass is 35.5. The first-order chi connectivity index (χ1) is 8.99. The molecule has 0 spiro atoms. The minimum absolute atomic E-state index is 0.307. The number of rotatable bonds is 4. The number of aromatic nitrogens is 3. The first kappa shape index (κ1) is 14.3. The molecule has 3 nitrogen and oxygen atoms in total. The van der Waals surface area contributed by atoms with Gasteiger partial charge in [-0.3, -0.25) is 0 Å². The zero-order valence-electron chi connectivity index (χ0n) is 11.0.